The van der Waals surface area contributed by atoms with E-state index in [0.717, 1.165) is 0 Å². The van der Waals surface area contributed by atoms with E-state index in [-0.39, 0.29) is 28.8 Å². The van der Waals surface area contributed by atoms with Gasteiger partial charge < -0.3 is 14.6 Å². The van der Waals surface area contributed by atoms with Gasteiger partial charge in [-0.05, 0) is 36.4 Å². The third kappa shape index (κ3) is 2.76. The SMILES string of the molecule is O=C(CN1c2ccccc2S(=O)(=O)c2ccccc21)NCc1ccco1. The Kier molecular flexibility index (Phi) is 4.00. The molecule has 132 valence electrons. The van der Waals surface area contributed by atoms with Crippen LogP contribution in [0.5, 0.6) is 0 Å². The molecule has 0 fully saturated rings. The first kappa shape index (κ1) is 16.4. The molecule has 0 bridgehead atoms. The second kappa shape index (κ2) is 6.34. The van der Waals surface area contributed by atoms with Crippen molar-refractivity contribution in [2.24, 2.45) is 0 Å². The van der Waals surface area contributed by atoms with E-state index in [1.165, 1.54) is 0 Å². The fraction of sp³-hybridized carbons (Fsp3) is 0.105. The van der Waals surface area contributed by atoms with Crippen LogP contribution in [0.25, 0.3) is 0 Å². The van der Waals surface area contributed by atoms with Gasteiger partial charge in [0, 0.05) is 0 Å². The number of nitrogens with one attached hydrogen (secondary N) is 1. The van der Waals surface area contributed by atoms with Crippen molar-refractivity contribution in [3.63, 3.8) is 0 Å². The minimum atomic E-state index is -3.61. The lowest BCUT2D eigenvalue weighted by atomic mass is 10.2. The van der Waals surface area contributed by atoms with Crippen LogP contribution >= 0.6 is 0 Å². The van der Waals surface area contributed by atoms with Crippen LogP contribution in [0.15, 0.2) is 81.1 Å². The molecule has 0 atom stereocenters. The molecule has 1 N–H and O–H groups in total. The Bertz CT molecular complexity index is 1010. The Labute approximate surface area is 151 Å². The molecule has 0 saturated heterocycles. The molecule has 0 radical (unpaired) electrons. The van der Waals surface area contributed by atoms with Gasteiger partial charge in [-0.2, -0.15) is 0 Å². The van der Waals surface area contributed by atoms with Gasteiger partial charge in [-0.3, -0.25) is 4.79 Å². The minimum Gasteiger partial charge on any atom is -0.467 e. The topological polar surface area (TPSA) is 79.6 Å². The van der Waals surface area contributed by atoms with Crippen LogP contribution in [0.4, 0.5) is 11.4 Å². The van der Waals surface area contributed by atoms with Crippen LogP contribution in [-0.2, 0) is 21.2 Å². The van der Waals surface area contributed by atoms with Gasteiger partial charge in [0.1, 0.15) is 12.3 Å². The van der Waals surface area contributed by atoms with E-state index < -0.39 is 9.84 Å². The van der Waals surface area contributed by atoms with Crippen LogP contribution in [0.2, 0.25) is 0 Å². The number of benzene rings is 2. The molecule has 1 aliphatic heterocycles. The molecule has 6 nitrogen and oxygen atoms in total. The van der Waals surface area contributed by atoms with Crippen molar-refractivity contribution in [1.29, 1.82) is 0 Å². The summed E-state index contributed by atoms with van der Waals surface area (Å²) in [4.78, 5) is 14.6. The van der Waals surface area contributed by atoms with Gasteiger partial charge in [-0.15, -0.1) is 0 Å². The quantitative estimate of drug-likeness (QED) is 0.766. The van der Waals surface area contributed by atoms with Crippen molar-refractivity contribution >= 4 is 27.1 Å². The minimum absolute atomic E-state index is 0.00422. The van der Waals surface area contributed by atoms with Crippen molar-refractivity contribution in [2.45, 2.75) is 16.3 Å². The van der Waals surface area contributed by atoms with Crippen molar-refractivity contribution in [2.75, 3.05) is 11.4 Å². The average molecular weight is 368 g/mol. The summed E-state index contributed by atoms with van der Waals surface area (Å²) in [5.41, 5.74) is 0.999. The van der Waals surface area contributed by atoms with Gasteiger partial charge in [-0.1, -0.05) is 24.3 Å². The van der Waals surface area contributed by atoms with E-state index in [9.17, 15) is 13.2 Å². The lowest BCUT2D eigenvalue weighted by Gasteiger charge is -2.32. The van der Waals surface area contributed by atoms with E-state index in [4.69, 9.17) is 4.42 Å². The van der Waals surface area contributed by atoms with Gasteiger partial charge >= 0.3 is 0 Å². The van der Waals surface area contributed by atoms with E-state index in [2.05, 4.69) is 5.32 Å². The van der Waals surface area contributed by atoms with Crippen LogP contribution in [0.1, 0.15) is 5.76 Å². The maximum absolute atomic E-state index is 12.9. The van der Waals surface area contributed by atoms with Crippen molar-refractivity contribution < 1.29 is 17.6 Å². The number of para-hydroxylation sites is 2. The summed E-state index contributed by atoms with van der Waals surface area (Å²) in [7, 11) is -3.61. The number of hydrogen-bond acceptors (Lipinski definition) is 5. The molecule has 1 aliphatic rings. The highest BCUT2D eigenvalue weighted by Crippen LogP contribution is 2.43. The maximum Gasteiger partial charge on any atom is 0.240 e. The highest BCUT2D eigenvalue weighted by Gasteiger charge is 2.34. The molecule has 0 aliphatic carbocycles. The Morgan fingerprint density at radius 3 is 2.12 bits per heavy atom. The Hall–Kier alpha value is -3.06. The first-order valence-electron chi connectivity index (χ1n) is 8.07. The Morgan fingerprint density at radius 1 is 0.923 bits per heavy atom. The Balaban J connectivity index is 1.67. The molecule has 2 heterocycles. The highest BCUT2D eigenvalue weighted by molar-refractivity contribution is 7.92. The van der Waals surface area contributed by atoms with Crippen LogP contribution < -0.4 is 10.2 Å². The van der Waals surface area contributed by atoms with E-state index in [1.807, 2.05) is 0 Å². The maximum atomic E-state index is 12.9. The number of anilines is 2. The number of fused-ring (bicyclic) bond motifs is 2. The fourth-order valence-corrected chi connectivity index (χ4v) is 4.69. The second-order valence-electron chi connectivity index (χ2n) is 5.88. The van der Waals surface area contributed by atoms with E-state index in [0.29, 0.717) is 17.1 Å². The highest BCUT2D eigenvalue weighted by atomic mass is 32.2. The number of nitrogens with zero attached hydrogens (tertiary/aromatic N) is 1. The number of rotatable bonds is 4. The zero-order valence-electron chi connectivity index (χ0n) is 13.8. The first-order valence-corrected chi connectivity index (χ1v) is 9.55. The van der Waals surface area contributed by atoms with Crippen LogP contribution in [0.3, 0.4) is 0 Å². The molecule has 0 saturated carbocycles. The Morgan fingerprint density at radius 2 is 1.54 bits per heavy atom. The van der Waals surface area contributed by atoms with Gasteiger partial charge in [0.2, 0.25) is 15.7 Å². The summed E-state index contributed by atoms with van der Waals surface area (Å²) in [6.45, 7) is 0.283. The zero-order chi connectivity index (χ0) is 18.1. The molecule has 4 rings (SSSR count). The first-order chi connectivity index (χ1) is 12.6. The third-order valence-electron chi connectivity index (χ3n) is 4.23. The molecule has 2 aromatic carbocycles. The number of carbonyl (C=O) groups is 1. The van der Waals surface area contributed by atoms with Crippen molar-refractivity contribution in [3.8, 4) is 0 Å². The van der Waals surface area contributed by atoms with Crippen molar-refractivity contribution in [3.05, 3.63) is 72.7 Å². The third-order valence-corrected chi connectivity index (χ3v) is 6.08. The van der Waals surface area contributed by atoms with Gasteiger partial charge in [-0.25, -0.2) is 8.42 Å². The number of sulfone groups is 1. The number of furan rings is 1. The lowest BCUT2D eigenvalue weighted by Crippen LogP contribution is -2.37. The van der Waals surface area contributed by atoms with Gasteiger partial charge in [0.15, 0.2) is 0 Å². The predicted octanol–water partition coefficient (Wildman–Crippen LogP) is 2.88. The summed E-state index contributed by atoms with van der Waals surface area (Å²) in [6, 6.07) is 17.0. The standard InChI is InChI=1S/C19H16N2O4S/c22-19(20-12-14-6-5-11-25-14)13-21-15-7-1-3-9-17(15)26(23,24)18-10-4-2-8-16(18)21/h1-11H,12-13H2,(H,20,22). The summed E-state index contributed by atoms with van der Waals surface area (Å²) >= 11 is 0. The molecule has 3 aromatic rings. The summed E-state index contributed by atoms with van der Waals surface area (Å²) in [6.07, 6.45) is 1.55. The van der Waals surface area contributed by atoms with Gasteiger partial charge in [0.05, 0.1) is 34.0 Å². The molecular formula is C19H16N2O4S. The fourth-order valence-electron chi connectivity index (χ4n) is 3.03. The largest absolute Gasteiger partial charge is 0.467 e. The van der Waals surface area contributed by atoms with Crippen molar-refractivity contribution in [1.82, 2.24) is 5.32 Å². The molecule has 0 spiro atoms. The average Bonchev–Trinajstić information content (AvgIpc) is 3.17. The lowest BCUT2D eigenvalue weighted by molar-refractivity contribution is -0.119. The van der Waals surface area contributed by atoms with Crippen LogP contribution in [-0.4, -0.2) is 20.9 Å². The smallest absolute Gasteiger partial charge is 0.240 e. The monoisotopic (exact) mass is 368 g/mol. The molecule has 7 heteroatoms. The summed E-state index contributed by atoms with van der Waals surface area (Å²) < 4.78 is 30.9. The number of amides is 1. The summed E-state index contributed by atoms with van der Waals surface area (Å²) in [5, 5.41) is 2.79. The predicted molar refractivity (Wildman–Crippen MR) is 95.9 cm³/mol. The normalized spacial score (nSPS) is 14.4. The molecule has 26 heavy (non-hydrogen) atoms. The molecule has 1 amide bonds. The van der Waals surface area contributed by atoms with Crippen LogP contribution in [0, 0.1) is 0 Å². The second-order valence-corrected chi connectivity index (χ2v) is 7.77. The van der Waals surface area contributed by atoms with Gasteiger partial charge in [0.25, 0.3) is 0 Å². The van der Waals surface area contributed by atoms with E-state index in [1.54, 1.807) is 71.8 Å². The summed E-state index contributed by atoms with van der Waals surface area (Å²) in [5.74, 6) is 0.422. The number of hydrogen-bond donors (Lipinski definition) is 1. The molecule has 0 unspecified atom stereocenters. The molecular weight excluding hydrogens is 352 g/mol. The molecule has 1 aromatic heterocycles. The zero-order valence-corrected chi connectivity index (χ0v) is 14.6. The number of carbonyl (C=O) groups excluding carboxylic acids is 1. The van der Waals surface area contributed by atoms with E-state index >= 15 is 0 Å².